The maximum atomic E-state index is 11.5. The standard InChI is InChI=1S/C14H19N5O/c1-9(14(20)17-15)13-6-4-12(5-7-13)8-19-11(3)16-10(2)18-19/h4-7,9H,8,15H2,1-3H3,(H,17,20). The summed E-state index contributed by atoms with van der Waals surface area (Å²) >= 11 is 0. The van der Waals surface area contributed by atoms with E-state index >= 15 is 0 Å². The summed E-state index contributed by atoms with van der Waals surface area (Å²) < 4.78 is 1.86. The highest BCUT2D eigenvalue weighted by atomic mass is 16.2. The molecule has 20 heavy (non-hydrogen) atoms. The Kier molecular flexibility index (Phi) is 4.14. The van der Waals surface area contributed by atoms with Crippen molar-refractivity contribution in [3.8, 4) is 0 Å². The topological polar surface area (TPSA) is 85.8 Å². The Morgan fingerprint density at radius 3 is 2.50 bits per heavy atom. The quantitative estimate of drug-likeness (QED) is 0.495. The van der Waals surface area contributed by atoms with Crippen LogP contribution >= 0.6 is 0 Å². The molecular formula is C14H19N5O. The smallest absolute Gasteiger partial charge is 0.241 e. The summed E-state index contributed by atoms with van der Waals surface area (Å²) in [4.78, 5) is 15.7. The van der Waals surface area contributed by atoms with Crippen LogP contribution in [-0.2, 0) is 11.3 Å². The molecular weight excluding hydrogens is 254 g/mol. The minimum absolute atomic E-state index is 0.194. The SMILES string of the molecule is Cc1nc(C)n(Cc2ccc(C(C)C(=O)NN)cc2)n1. The van der Waals surface area contributed by atoms with E-state index in [2.05, 4.69) is 15.5 Å². The Balaban J connectivity index is 2.12. The van der Waals surface area contributed by atoms with E-state index in [0.29, 0.717) is 6.54 Å². The van der Waals surface area contributed by atoms with Crippen molar-refractivity contribution < 1.29 is 4.79 Å². The highest BCUT2D eigenvalue weighted by Gasteiger charge is 2.13. The van der Waals surface area contributed by atoms with Gasteiger partial charge in [0.25, 0.3) is 0 Å². The van der Waals surface area contributed by atoms with Gasteiger partial charge >= 0.3 is 0 Å². The number of nitrogens with one attached hydrogen (secondary N) is 1. The number of nitrogens with zero attached hydrogens (tertiary/aromatic N) is 3. The Labute approximate surface area is 118 Å². The predicted octanol–water partition coefficient (Wildman–Crippen LogP) is 1.04. The third-order valence-corrected chi connectivity index (χ3v) is 3.31. The molecule has 1 aromatic carbocycles. The van der Waals surface area contributed by atoms with Crippen LogP contribution in [0.1, 0.15) is 35.6 Å². The summed E-state index contributed by atoms with van der Waals surface area (Å²) in [6.45, 7) is 6.30. The molecule has 0 aliphatic carbocycles. The van der Waals surface area contributed by atoms with E-state index in [1.54, 1.807) is 0 Å². The molecule has 1 aromatic heterocycles. The van der Waals surface area contributed by atoms with Crippen LogP contribution in [0.25, 0.3) is 0 Å². The number of carbonyl (C=O) groups excluding carboxylic acids is 1. The Hall–Kier alpha value is -2.21. The number of hydrogen-bond acceptors (Lipinski definition) is 4. The van der Waals surface area contributed by atoms with Gasteiger partial charge in [-0.15, -0.1) is 0 Å². The molecule has 0 radical (unpaired) electrons. The number of nitrogens with two attached hydrogens (primary N) is 1. The van der Waals surface area contributed by atoms with E-state index in [1.165, 1.54) is 0 Å². The number of benzene rings is 1. The summed E-state index contributed by atoms with van der Waals surface area (Å²) in [6.07, 6.45) is 0. The summed E-state index contributed by atoms with van der Waals surface area (Å²) in [6, 6.07) is 7.86. The van der Waals surface area contributed by atoms with Gasteiger partial charge in [0.2, 0.25) is 5.91 Å². The molecule has 1 atom stereocenters. The molecule has 3 N–H and O–H groups in total. The van der Waals surface area contributed by atoms with Gasteiger partial charge in [-0.25, -0.2) is 15.5 Å². The largest absolute Gasteiger partial charge is 0.294 e. The summed E-state index contributed by atoms with van der Waals surface area (Å²) in [7, 11) is 0. The van der Waals surface area contributed by atoms with Gasteiger partial charge in [0.05, 0.1) is 12.5 Å². The van der Waals surface area contributed by atoms with Crippen LogP contribution in [0.5, 0.6) is 0 Å². The third-order valence-electron chi connectivity index (χ3n) is 3.31. The minimum atomic E-state index is -0.260. The van der Waals surface area contributed by atoms with Crippen LogP contribution in [-0.4, -0.2) is 20.7 Å². The molecule has 106 valence electrons. The number of rotatable bonds is 4. The molecule has 0 bridgehead atoms. The van der Waals surface area contributed by atoms with Crippen molar-refractivity contribution in [3.05, 3.63) is 47.0 Å². The van der Waals surface area contributed by atoms with Crippen molar-refractivity contribution in [2.24, 2.45) is 5.84 Å². The van der Waals surface area contributed by atoms with Crippen molar-refractivity contribution >= 4 is 5.91 Å². The van der Waals surface area contributed by atoms with Gasteiger partial charge in [-0.2, -0.15) is 5.10 Å². The molecule has 1 heterocycles. The zero-order valence-electron chi connectivity index (χ0n) is 11.9. The fourth-order valence-electron chi connectivity index (χ4n) is 2.07. The molecule has 0 aliphatic heterocycles. The number of amides is 1. The van der Waals surface area contributed by atoms with Crippen LogP contribution in [0.2, 0.25) is 0 Å². The maximum absolute atomic E-state index is 11.5. The van der Waals surface area contributed by atoms with E-state index in [4.69, 9.17) is 5.84 Å². The molecule has 2 rings (SSSR count). The molecule has 2 aromatic rings. The first-order chi connectivity index (χ1) is 9.51. The molecule has 0 fully saturated rings. The molecule has 6 heteroatoms. The zero-order valence-corrected chi connectivity index (χ0v) is 11.9. The average Bonchev–Trinajstić information content (AvgIpc) is 2.76. The summed E-state index contributed by atoms with van der Waals surface area (Å²) in [5.41, 5.74) is 4.21. The van der Waals surface area contributed by atoms with Crippen molar-refractivity contribution in [2.75, 3.05) is 0 Å². The van der Waals surface area contributed by atoms with Crippen LogP contribution in [0.15, 0.2) is 24.3 Å². The molecule has 0 aliphatic rings. The monoisotopic (exact) mass is 273 g/mol. The van der Waals surface area contributed by atoms with Crippen molar-refractivity contribution in [3.63, 3.8) is 0 Å². The van der Waals surface area contributed by atoms with Gasteiger partial charge in [-0.3, -0.25) is 10.2 Å². The number of aryl methyl sites for hydroxylation is 2. The van der Waals surface area contributed by atoms with Gasteiger partial charge in [0.15, 0.2) is 0 Å². The normalized spacial score (nSPS) is 12.2. The molecule has 1 unspecified atom stereocenters. The zero-order chi connectivity index (χ0) is 14.7. The predicted molar refractivity (Wildman–Crippen MR) is 75.8 cm³/mol. The van der Waals surface area contributed by atoms with Crippen molar-refractivity contribution in [1.82, 2.24) is 20.2 Å². The first-order valence-electron chi connectivity index (χ1n) is 6.48. The molecule has 0 saturated carbocycles. The van der Waals surface area contributed by atoms with Crippen molar-refractivity contribution in [1.29, 1.82) is 0 Å². The number of carbonyl (C=O) groups is 1. The highest BCUT2D eigenvalue weighted by Crippen LogP contribution is 2.16. The van der Waals surface area contributed by atoms with Crippen LogP contribution in [0.4, 0.5) is 0 Å². The van der Waals surface area contributed by atoms with Crippen LogP contribution in [0.3, 0.4) is 0 Å². The maximum Gasteiger partial charge on any atom is 0.241 e. The van der Waals surface area contributed by atoms with Gasteiger partial charge in [0.1, 0.15) is 11.6 Å². The lowest BCUT2D eigenvalue weighted by Crippen LogP contribution is -2.33. The molecule has 6 nitrogen and oxygen atoms in total. The van der Waals surface area contributed by atoms with E-state index in [-0.39, 0.29) is 11.8 Å². The molecule has 0 spiro atoms. The van der Waals surface area contributed by atoms with Gasteiger partial charge in [-0.1, -0.05) is 24.3 Å². The second-order valence-electron chi connectivity index (χ2n) is 4.84. The highest BCUT2D eigenvalue weighted by molar-refractivity contribution is 5.82. The fraction of sp³-hybridized carbons (Fsp3) is 0.357. The Morgan fingerprint density at radius 2 is 2.00 bits per heavy atom. The first-order valence-corrected chi connectivity index (χ1v) is 6.48. The number of hydrogen-bond donors (Lipinski definition) is 2. The second-order valence-corrected chi connectivity index (χ2v) is 4.84. The number of aromatic nitrogens is 3. The van der Waals surface area contributed by atoms with Gasteiger partial charge in [0, 0.05) is 0 Å². The lowest BCUT2D eigenvalue weighted by atomic mass is 9.99. The summed E-state index contributed by atoms with van der Waals surface area (Å²) in [5.74, 6) is 6.35. The first kappa shape index (κ1) is 14.2. The lowest BCUT2D eigenvalue weighted by Gasteiger charge is -2.11. The Bertz CT molecular complexity index is 603. The molecule has 0 saturated heterocycles. The minimum Gasteiger partial charge on any atom is -0.294 e. The van der Waals surface area contributed by atoms with E-state index in [1.807, 2.05) is 49.7 Å². The van der Waals surface area contributed by atoms with Gasteiger partial charge in [-0.05, 0) is 31.9 Å². The third kappa shape index (κ3) is 3.03. The van der Waals surface area contributed by atoms with E-state index < -0.39 is 0 Å². The fourth-order valence-corrected chi connectivity index (χ4v) is 2.07. The molecule has 1 amide bonds. The van der Waals surface area contributed by atoms with Crippen LogP contribution in [0, 0.1) is 13.8 Å². The van der Waals surface area contributed by atoms with E-state index in [0.717, 1.165) is 22.8 Å². The van der Waals surface area contributed by atoms with Gasteiger partial charge < -0.3 is 0 Å². The van der Waals surface area contributed by atoms with Crippen LogP contribution < -0.4 is 11.3 Å². The Morgan fingerprint density at radius 1 is 1.35 bits per heavy atom. The summed E-state index contributed by atoms with van der Waals surface area (Å²) in [5, 5.41) is 4.33. The lowest BCUT2D eigenvalue weighted by molar-refractivity contribution is -0.122. The average molecular weight is 273 g/mol. The number of hydrazine groups is 1. The van der Waals surface area contributed by atoms with Crippen molar-refractivity contribution in [2.45, 2.75) is 33.2 Å². The second kappa shape index (κ2) is 5.83. The van der Waals surface area contributed by atoms with E-state index in [9.17, 15) is 4.79 Å².